The summed E-state index contributed by atoms with van der Waals surface area (Å²) in [7, 11) is 0. The van der Waals surface area contributed by atoms with Crippen molar-refractivity contribution in [2.24, 2.45) is 11.1 Å². The highest BCUT2D eigenvalue weighted by molar-refractivity contribution is 6.34. The van der Waals surface area contributed by atoms with Crippen LogP contribution in [-0.2, 0) is 9.59 Å². The number of carbonyl (C=O) groups is 2. The maximum atomic E-state index is 12.0. The Hall–Kier alpha value is -1.59. The van der Waals surface area contributed by atoms with Crippen LogP contribution in [0.2, 0.25) is 5.02 Å². The topological polar surface area (TPSA) is 84.2 Å². The van der Waals surface area contributed by atoms with Crippen LogP contribution in [0, 0.1) is 5.41 Å². The van der Waals surface area contributed by atoms with E-state index >= 15 is 0 Å². The van der Waals surface area contributed by atoms with E-state index in [0.717, 1.165) is 12.8 Å². The first-order valence-electron chi connectivity index (χ1n) is 6.05. The van der Waals surface area contributed by atoms with Gasteiger partial charge in [-0.1, -0.05) is 11.6 Å². The summed E-state index contributed by atoms with van der Waals surface area (Å²) >= 11 is 6.03. The number of hydrogen-bond donors (Lipinski definition) is 3. The van der Waals surface area contributed by atoms with Crippen LogP contribution in [0.1, 0.15) is 19.8 Å². The van der Waals surface area contributed by atoms with Gasteiger partial charge < -0.3 is 16.4 Å². The van der Waals surface area contributed by atoms with E-state index in [9.17, 15) is 9.59 Å². The molecule has 1 saturated carbocycles. The van der Waals surface area contributed by atoms with Crippen LogP contribution < -0.4 is 16.4 Å². The Morgan fingerprint density at radius 2 is 2.05 bits per heavy atom. The van der Waals surface area contributed by atoms with Gasteiger partial charge in [0, 0.05) is 19.2 Å². The molecule has 1 aliphatic rings. The Balaban J connectivity index is 2.08. The molecule has 2 rings (SSSR count). The monoisotopic (exact) mass is 281 g/mol. The molecule has 2 amide bonds. The van der Waals surface area contributed by atoms with E-state index in [1.165, 1.54) is 6.92 Å². The molecule has 1 aromatic carbocycles. The minimum absolute atomic E-state index is 0.0710. The highest BCUT2D eigenvalue weighted by atomic mass is 35.5. The highest BCUT2D eigenvalue weighted by Gasteiger charge is 2.48. The number of halogens is 1. The normalized spacial score (nSPS) is 15.7. The lowest BCUT2D eigenvalue weighted by Gasteiger charge is -2.14. The molecule has 0 saturated heterocycles. The predicted molar refractivity (Wildman–Crippen MR) is 75.1 cm³/mol. The first-order chi connectivity index (χ1) is 8.97. The number of nitrogens with one attached hydrogen (secondary N) is 2. The average molecular weight is 282 g/mol. The molecule has 1 aliphatic carbocycles. The minimum Gasteiger partial charge on any atom is -0.329 e. The molecule has 0 unspecified atom stereocenters. The summed E-state index contributed by atoms with van der Waals surface area (Å²) < 4.78 is 0. The van der Waals surface area contributed by atoms with Crippen molar-refractivity contribution in [1.82, 2.24) is 0 Å². The molecule has 0 atom stereocenters. The second-order valence-corrected chi connectivity index (χ2v) is 5.22. The van der Waals surface area contributed by atoms with Gasteiger partial charge in [-0.2, -0.15) is 0 Å². The Morgan fingerprint density at radius 3 is 2.53 bits per heavy atom. The lowest BCUT2D eigenvalue weighted by molar-refractivity contribution is -0.120. The molecule has 0 bridgehead atoms. The molecule has 4 N–H and O–H groups in total. The molecule has 0 aliphatic heterocycles. The summed E-state index contributed by atoms with van der Waals surface area (Å²) in [5.74, 6) is -0.267. The van der Waals surface area contributed by atoms with E-state index in [4.69, 9.17) is 17.3 Å². The van der Waals surface area contributed by atoms with Crippen LogP contribution in [0.15, 0.2) is 18.2 Å². The van der Waals surface area contributed by atoms with Crippen LogP contribution in [0.3, 0.4) is 0 Å². The number of nitrogens with two attached hydrogens (primary N) is 1. The van der Waals surface area contributed by atoms with Crippen molar-refractivity contribution >= 4 is 34.8 Å². The zero-order chi connectivity index (χ0) is 14.0. The van der Waals surface area contributed by atoms with Gasteiger partial charge in [-0.25, -0.2) is 0 Å². The number of amides is 2. The molecule has 0 radical (unpaired) electrons. The quantitative estimate of drug-likeness (QED) is 0.789. The Bertz CT molecular complexity index is 527. The van der Waals surface area contributed by atoms with Crippen LogP contribution >= 0.6 is 11.6 Å². The van der Waals surface area contributed by atoms with E-state index in [1.807, 2.05) is 0 Å². The van der Waals surface area contributed by atoms with Crippen LogP contribution in [0.4, 0.5) is 11.4 Å². The number of hydrogen-bond acceptors (Lipinski definition) is 3. The van der Waals surface area contributed by atoms with Gasteiger partial charge in [-0.15, -0.1) is 0 Å². The Morgan fingerprint density at radius 1 is 1.37 bits per heavy atom. The van der Waals surface area contributed by atoms with Crippen molar-refractivity contribution < 1.29 is 9.59 Å². The Labute approximate surface area is 116 Å². The van der Waals surface area contributed by atoms with Crippen LogP contribution in [0.5, 0.6) is 0 Å². The largest absolute Gasteiger partial charge is 0.329 e. The highest BCUT2D eigenvalue weighted by Crippen LogP contribution is 2.45. The fourth-order valence-corrected chi connectivity index (χ4v) is 2.05. The number of carbonyl (C=O) groups excluding carboxylic acids is 2. The second kappa shape index (κ2) is 5.19. The van der Waals surface area contributed by atoms with Gasteiger partial charge in [0.1, 0.15) is 0 Å². The summed E-state index contributed by atoms with van der Waals surface area (Å²) in [5.41, 5.74) is 6.32. The standard InChI is InChI=1S/C13H16ClN3O2/c1-8(18)16-11-3-2-9(6-10(11)14)17-12(19)13(7-15)4-5-13/h2-3,6H,4-5,7,15H2,1H3,(H,16,18)(H,17,19). The van der Waals surface area contributed by atoms with Crippen molar-refractivity contribution in [2.75, 3.05) is 17.2 Å². The maximum Gasteiger partial charge on any atom is 0.231 e. The van der Waals surface area contributed by atoms with Gasteiger partial charge in [0.2, 0.25) is 11.8 Å². The smallest absolute Gasteiger partial charge is 0.231 e. The predicted octanol–water partition coefficient (Wildman–Crippen LogP) is 1.98. The third kappa shape index (κ3) is 3.05. The third-order valence-corrected chi connectivity index (χ3v) is 3.58. The first-order valence-corrected chi connectivity index (χ1v) is 6.43. The van der Waals surface area contributed by atoms with Crippen molar-refractivity contribution in [3.05, 3.63) is 23.2 Å². The summed E-state index contributed by atoms with van der Waals surface area (Å²) in [5, 5.41) is 5.78. The van der Waals surface area contributed by atoms with Gasteiger partial charge in [-0.3, -0.25) is 9.59 Å². The van der Waals surface area contributed by atoms with E-state index < -0.39 is 5.41 Å². The molecule has 6 heteroatoms. The summed E-state index contributed by atoms with van der Waals surface area (Å²) in [6.45, 7) is 1.76. The molecule has 1 aromatic rings. The van der Waals surface area contributed by atoms with Crippen molar-refractivity contribution in [2.45, 2.75) is 19.8 Å². The molecule has 5 nitrogen and oxygen atoms in total. The molecular weight excluding hydrogens is 266 g/mol. The average Bonchev–Trinajstić information content (AvgIpc) is 3.13. The lowest BCUT2D eigenvalue weighted by Crippen LogP contribution is -2.30. The molecule has 0 spiro atoms. The minimum atomic E-state index is -0.400. The number of rotatable bonds is 4. The third-order valence-electron chi connectivity index (χ3n) is 3.26. The van der Waals surface area contributed by atoms with Gasteiger partial charge >= 0.3 is 0 Å². The van der Waals surface area contributed by atoms with E-state index in [-0.39, 0.29) is 11.8 Å². The first kappa shape index (κ1) is 13.8. The SMILES string of the molecule is CC(=O)Nc1ccc(NC(=O)C2(CN)CC2)cc1Cl. The molecule has 19 heavy (non-hydrogen) atoms. The maximum absolute atomic E-state index is 12.0. The summed E-state index contributed by atoms with van der Waals surface area (Å²) in [4.78, 5) is 23.0. The molecule has 0 aromatic heterocycles. The zero-order valence-corrected chi connectivity index (χ0v) is 11.4. The second-order valence-electron chi connectivity index (χ2n) is 4.81. The Kier molecular flexibility index (Phi) is 3.78. The van der Waals surface area contributed by atoms with E-state index in [1.54, 1.807) is 18.2 Å². The van der Waals surface area contributed by atoms with Gasteiger partial charge in [0.15, 0.2) is 0 Å². The van der Waals surface area contributed by atoms with Gasteiger partial charge in [0.05, 0.1) is 16.1 Å². The molecular formula is C13H16ClN3O2. The molecule has 0 heterocycles. The zero-order valence-electron chi connectivity index (χ0n) is 10.6. The number of anilines is 2. The fraction of sp³-hybridized carbons (Fsp3) is 0.385. The molecule has 1 fully saturated rings. The molecule has 102 valence electrons. The van der Waals surface area contributed by atoms with Gasteiger partial charge in [0.25, 0.3) is 0 Å². The van der Waals surface area contributed by atoms with Gasteiger partial charge in [-0.05, 0) is 31.0 Å². The van der Waals surface area contributed by atoms with Crippen molar-refractivity contribution in [3.63, 3.8) is 0 Å². The fourth-order valence-electron chi connectivity index (χ4n) is 1.82. The lowest BCUT2D eigenvalue weighted by atomic mass is 10.1. The van der Waals surface area contributed by atoms with E-state index in [0.29, 0.717) is 22.9 Å². The van der Waals surface area contributed by atoms with Crippen LogP contribution in [0.25, 0.3) is 0 Å². The van der Waals surface area contributed by atoms with Crippen molar-refractivity contribution in [1.29, 1.82) is 0 Å². The van der Waals surface area contributed by atoms with Crippen LogP contribution in [-0.4, -0.2) is 18.4 Å². The van der Waals surface area contributed by atoms with E-state index in [2.05, 4.69) is 10.6 Å². The van der Waals surface area contributed by atoms with Crippen molar-refractivity contribution in [3.8, 4) is 0 Å². The summed E-state index contributed by atoms with van der Waals surface area (Å²) in [6.07, 6.45) is 1.65. The summed E-state index contributed by atoms with van der Waals surface area (Å²) in [6, 6.07) is 4.96. The number of benzene rings is 1.